The zero-order chi connectivity index (χ0) is 6.10. The topological polar surface area (TPSA) is 9.23 Å². The summed E-state index contributed by atoms with van der Waals surface area (Å²) >= 11 is 0. The summed E-state index contributed by atoms with van der Waals surface area (Å²) in [5.41, 5.74) is 0. The first-order valence-corrected chi connectivity index (χ1v) is 3.79. The molecule has 0 radical (unpaired) electrons. The molecule has 2 atom stereocenters. The summed E-state index contributed by atoms with van der Waals surface area (Å²) in [6.45, 7) is 0. The van der Waals surface area contributed by atoms with Gasteiger partial charge < -0.3 is 4.74 Å². The summed E-state index contributed by atoms with van der Waals surface area (Å²) < 4.78 is 5.38. The highest BCUT2D eigenvalue weighted by Gasteiger charge is 2.26. The van der Waals surface area contributed by atoms with Gasteiger partial charge in [0.2, 0.25) is 0 Å². The predicted octanol–water partition coefficient (Wildman–Crippen LogP) is 2.09. The van der Waals surface area contributed by atoms with Crippen molar-refractivity contribution in [3.05, 3.63) is 12.3 Å². The van der Waals surface area contributed by atoms with E-state index in [4.69, 9.17) is 4.74 Å². The zero-order valence-corrected chi connectivity index (χ0v) is 5.55. The number of ether oxygens (including phenoxy) is 1. The molecule has 50 valence electrons. The summed E-state index contributed by atoms with van der Waals surface area (Å²) in [5, 5.41) is 0. The van der Waals surface area contributed by atoms with Crippen LogP contribution >= 0.6 is 0 Å². The summed E-state index contributed by atoms with van der Waals surface area (Å²) in [7, 11) is 0. The summed E-state index contributed by atoms with van der Waals surface area (Å²) in [4.78, 5) is 0. The minimum Gasteiger partial charge on any atom is -0.498 e. The zero-order valence-electron chi connectivity index (χ0n) is 5.55. The van der Waals surface area contributed by atoms with Gasteiger partial charge in [0, 0.05) is 5.92 Å². The molecule has 0 saturated heterocycles. The lowest BCUT2D eigenvalue weighted by molar-refractivity contribution is 0.101. The van der Waals surface area contributed by atoms with Crippen LogP contribution in [-0.4, -0.2) is 6.10 Å². The Morgan fingerprint density at radius 2 is 2.11 bits per heavy atom. The van der Waals surface area contributed by atoms with E-state index in [9.17, 15) is 0 Å². The van der Waals surface area contributed by atoms with Gasteiger partial charge in [-0.3, -0.25) is 0 Å². The highest BCUT2D eigenvalue weighted by Crippen LogP contribution is 2.31. The molecular weight excluding hydrogens is 112 g/mol. The molecule has 2 unspecified atom stereocenters. The molecule has 9 heavy (non-hydrogen) atoms. The first-order chi connectivity index (χ1) is 4.47. The van der Waals surface area contributed by atoms with Crippen molar-refractivity contribution in [3.8, 4) is 0 Å². The van der Waals surface area contributed by atoms with Gasteiger partial charge >= 0.3 is 0 Å². The van der Waals surface area contributed by atoms with Gasteiger partial charge in [-0.1, -0.05) is 6.42 Å². The number of rotatable bonds is 0. The Kier molecular flexibility index (Phi) is 1.22. The fourth-order valence-corrected chi connectivity index (χ4v) is 1.76. The molecular formula is C8H12O. The standard InChI is InChI=1S/C8H12O/c1-2-4-8-7(3-1)5-6-9-8/h5-8H,1-4H2. The first-order valence-electron chi connectivity index (χ1n) is 3.79. The second-order valence-corrected chi connectivity index (χ2v) is 2.95. The van der Waals surface area contributed by atoms with Crippen LogP contribution in [0.25, 0.3) is 0 Å². The van der Waals surface area contributed by atoms with Crippen LogP contribution in [-0.2, 0) is 4.74 Å². The maximum atomic E-state index is 5.38. The highest BCUT2D eigenvalue weighted by atomic mass is 16.5. The Morgan fingerprint density at radius 1 is 1.22 bits per heavy atom. The molecule has 2 aliphatic rings. The van der Waals surface area contributed by atoms with Crippen molar-refractivity contribution in [2.24, 2.45) is 5.92 Å². The van der Waals surface area contributed by atoms with Crippen LogP contribution in [0.15, 0.2) is 12.3 Å². The summed E-state index contributed by atoms with van der Waals surface area (Å²) in [5.74, 6) is 0.763. The molecule has 0 aromatic rings. The van der Waals surface area contributed by atoms with E-state index in [1.165, 1.54) is 25.7 Å². The quantitative estimate of drug-likeness (QED) is 0.480. The molecule has 1 saturated carbocycles. The lowest BCUT2D eigenvalue weighted by Gasteiger charge is -2.23. The predicted molar refractivity (Wildman–Crippen MR) is 36.0 cm³/mol. The van der Waals surface area contributed by atoms with E-state index in [0.717, 1.165) is 5.92 Å². The molecule has 1 heteroatoms. The van der Waals surface area contributed by atoms with Crippen molar-refractivity contribution in [2.45, 2.75) is 31.8 Å². The average molecular weight is 124 g/mol. The largest absolute Gasteiger partial charge is 0.498 e. The van der Waals surface area contributed by atoms with E-state index in [1.807, 2.05) is 6.26 Å². The van der Waals surface area contributed by atoms with Crippen LogP contribution in [0.4, 0.5) is 0 Å². The third-order valence-electron chi connectivity index (χ3n) is 2.33. The minimum absolute atomic E-state index is 0.554. The van der Waals surface area contributed by atoms with Crippen LogP contribution in [0.2, 0.25) is 0 Å². The van der Waals surface area contributed by atoms with E-state index in [1.54, 1.807) is 0 Å². The van der Waals surface area contributed by atoms with Crippen molar-refractivity contribution in [2.75, 3.05) is 0 Å². The second kappa shape index (κ2) is 2.05. The van der Waals surface area contributed by atoms with E-state index in [2.05, 4.69) is 6.08 Å². The van der Waals surface area contributed by atoms with E-state index >= 15 is 0 Å². The molecule has 0 N–H and O–H groups in total. The normalized spacial score (nSPS) is 40.0. The maximum absolute atomic E-state index is 5.38. The van der Waals surface area contributed by atoms with E-state index in [-0.39, 0.29) is 0 Å². The molecule has 0 aromatic heterocycles. The molecule has 0 spiro atoms. The van der Waals surface area contributed by atoms with Gasteiger partial charge in [-0.15, -0.1) is 0 Å². The van der Waals surface area contributed by atoms with Crippen molar-refractivity contribution in [1.82, 2.24) is 0 Å². The van der Waals surface area contributed by atoms with Gasteiger partial charge in [-0.25, -0.2) is 0 Å². The van der Waals surface area contributed by atoms with Crippen molar-refractivity contribution >= 4 is 0 Å². The summed E-state index contributed by atoms with van der Waals surface area (Å²) in [6, 6.07) is 0. The van der Waals surface area contributed by atoms with Gasteiger partial charge in [0.25, 0.3) is 0 Å². The van der Waals surface area contributed by atoms with Crippen molar-refractivity contribution < 1.29 is 4.74 Å². The summed E-state index contributed by atoms with van der Waals surface area (Å²) in [6.07, 6.45) is 10.0. The molecule has 0 bridgehead atoms. The molecule has 1 aliphatic carbocycles. The average Bonchev–Trinajstić information content (AvgIpc) is 2.33. The molecule has 1 nitrogen and oxygen atoms in total. The first kappa shape index (κ1) is 5.33. The van der Waals surface area contributed by atoms with Gasteiger partial charge in [-0.2, -0.15) is 0 Å². The Hall–Kier alpha value is -0.460. The molecule has 1 aliphatic heterocycles. The minimum atomic E-state index is 0.554. The van der Waals surface area contributed by atoms with Crippen molar-refractivity contribution in [3.63, 3.8) is 0 Å². The Morgan fingerprint density at radius 3 is 3.00 bits per heavy atom. The fraction of sp³-hybridized carbons (Fsp3) is 0.750. The van der Waals surface area contributed by atoms with Crippen molar-refractivity contribution in [1.29, 1.82) is 0 Å². The monoisotopic (exact) mass is 124 g/mol. The Labute approximate surface area is 55.7 Å². The number of fused-ring (bicyclic) bond motifs is 1. The number of hydrogen-bond acceptors (Lipinski definition) is 1. The van der Waals surface area contributed by atoms with Crippen LogP contribution < -0.4 is 0 Å². The van der Waals surface area contributed by atoms with Crippen LogP contribution in [0, 0.1) is 5.92 Å². The lowest BCUT2D eigenvalue weighted by Crippen LogP contribution is -2.20. The molecule has 0 aromatic carbocycles. The smallest absolute Gasteiger partial charge is 0.104 e. The molecule has 1 fully saturated rings. The van der Waals surface area contributed by atoms with Gasteiger partial charge in [-0.05, 0) is 25.3 Å². The molecule has 0 amide bonds. The molecule has 1 heterocycles. The maximum Gasteiger partial charge on any atom is 0.104 e. The van der Waals surface area contributed by atoms with Gasteiger partial charge in [0.05, 0.1) is 6.26 Å². The lowest BCUT2D eigenvalue weighted by atomic mass is 9.88. The van der Waals surface area contributed by atoms with Gasteiger partial charge in [0.15, 0.2) is 0 Å². The second-order valence-electron chi connectivity index (χ2n) is 2.95. The van der Waals surface area contributed by atoms with Crippen LogP contribution in [0.1, 0.15) is 25.7 Å². The van der Waals surface area contributed by atoms with Crippen LogP contribution in [0.5, 0.6) is 0 Å². The highest BCUT2D eigenvalue weighted by molar-refractivity contribution is 4.97. The van der Waals surface area contributed by atoms with Gasteiger partial charge in [0.1, 0.15) is 6.10 Å². The SMILES string of the molecule is C1=CC2CCCCC2O1. The molecule has 2 rings (SSSR count). The Balaban J connectivity index is 2.03. The van der Waals surface area contributed by atoms with Crippen LogP contribution in [0.3, 0.4) is 0 Å². The van der Waals surface area contributed by atoms with E-state index < -0.39 is 0 Å². The number of hydrogen-bond donors (Lipinski definition) is 0. The third-order valence-corrected chi connectivity index (χ3v) is 2.33. The van der Waals surface area contributed by atoms with E-state index in [0.29, 0.717) is 6.10 Å². The Bertz CT molecular complexity index is 129. The third kappa shape index (κ3) is 0.846. The fourth-order valence-electron chi connectivity index (χ4n) is 1.76.